The van der Waals surface area contributed by atoms with Gasteiger partial charge in [0.25, 0.3) is 0 Å². The largest absolute Gasteiger partial charge is 0.338 e. The van der Waals surface area contributed by atoms with Gasteiger partial charge < -0.3 is 9.84 Å². The van der Waals surface area contributed by atoms with Gasteiger partial charge in [-0.1, -0.05) is 11.2 Å². The first-order chi connectivity index (χ1) is 11.2. The third-order valence-electron chi connectivity index (χ3n) is 4.04. The van der Waals surface area contributed by atoms with Gasteiger partial charge in [-0.15, -0.1) is 0 Å². The van der Waals surface area contributed by atoms with Crippen LogP contribution in [-0.2, 0) is 23.0 Å². The monoisotopic (exact) mass is 352 g/mol. The van der Waals surface area contributed by atoms with E-state index in [2.05, 4.69) is 15.5 Å². The Hall–Kier alpha value is -1.77. The van der Waals surface area contributed by atoms with Gasteiger partial charge in [-0.3, -0.25) is 0 Å². The van der Waals surface area contributed by atoms with Crippen LogP contribution in [0.2, 0.25) is 0 Å². The van der Waals surface area contributed by atoms with Crippen molar-refractivity contribution in [3.63, 3.8) is 0 Å². The molecule has 24 heavy (non-hydrogen) atoms. The Kier molecular flexibility index (Phi) is 5.74. The topological polar surface area (TPSA) is 88.3 Å². The standard InChI is InChI=1S/C16H24N4O3S/c1-11-6-7-14(8-12(11)2)24(21,22)20(5)10-16-18-15(19-23-16)9-13(3)17-4/h6-8,13,17H,9-10H2,1-5H3. The predicted octanol–water partition coefficient (Wildman–Crippen LogP) is 1.66. The quantitative estimate of drug-likeness (QED) is 0.815. The smallest absolute Gasteiger partial charge is 0.243 e. The third-order valence-corrected chi connectivity index (χ3v) is 5.84. The molecule has 0 saturated carbocycles. The highest BCUT2D eigenvalue weighted by molar-refractivity contribution is 7.89. The first-order valence-electron chi connectivity index (χ1n) is 7.76. The van der Waals surface area contributed by atoms with E-state index < -0.39 is 10.0 Å². The normalized spacial score (nSPS) is 13.4. The molecule has 0 aliphatic carbocycles. The molecule has 2 aromatic rings. The van der Waals surface area contributed by atoms with Crippen molar-refractivity contribution in [1.82, 2.24) is 19.8 Å². The second-order valence-electron chi connectivity index (χ2n) is 6.01. The Morgan fingerprint density at radius 2 is 2.00 bits per heavy atom. The van der Waals surface area contributed by atoms with Crippen LogP contribution in [0.25, 0.3) is 0 Å². The van der Waals surface area contributed by atoms with Crippen molar-refractivity contribution in [2.24, 2.45) is 0 Å². The van der Waals surface area contributed by atoms with Crippen LogP contribution in [0.15, 0.2) is 27.6 Å². The first-order valence-corrected chi connectivity index (χ1v) is 9.20. The van der Waals surface area contributed by atoms with Crippen molar-refractivity contribution < 1.29 is 12.9 Å². The Balaban J connectivity index is 2.13. The molecule has 1 atom stereocenters. The summed E-state index contributed by atoms with van der Waals surface area (Å²) in [6.07, 6.45) is 0.619. The molecule has 0 amide bonds. The van der Waals surface area contributed by atoms with E-state index in [1.54, 1.807) is 18.2 Å². The van der Waals surface area contributed by atoms with Crippen LogP contribution in [0.4, 0.5) is 0 Å². The fourth-order valence-corrected chi connectivity index (χ4v) is 3.35. The molecule has 7 nitrogen and oxygen atoms in total. The summed E-state index contributed by atoms with van der Waals surface area (Å²) in [5, 5.41) is 6.98. The minimum absolute atomic E-state index is 0.0379. The lowest BCUT2D eigenvalue weighted by molar-refractivity contribution is 0.333. The number of nitrogens with zero attached hydrogens (tertiary/aromatic N) is 3. The number of nitrogens with one attached hydrogen (secondary N) is 1. The van der Waals surface area contributed by atoms with Crippen molar-refractivity contribution in [2.75, 3.05) is 14.1 Å². The molecule has 1 N–H and O–H groups in total. The average molecular weight is 352 g/mol. The Morgan fingerprint density at radius 1 is 1.29 bits per heavy atom. The molecule has 1 aromatic carbocycles. The summed E-state index contributed by atoms with van der Waals surface area (Å²) >= 11 is 0. The van der Waals surface area contributed by atoms with E-state index in [-0.39, 0.29) is 23.4 Å². The zero-order valence-electron chi connectivity index (χ0n) is 14.7. The van der Waals surface area contributed by atoms with Gasteiger partial charge in [0, 0.05) is 19.5 Å². The maximum Gasteiger partial charge on any atom is 0.243 e. The second-order valence-corrected chi connectivity index (χ2v) is 8.05. The zero-order valence-corrected chi connectivity index (χ0v) is 15.5. The van der Waals surface area contributed by atoms with Crippen molar-refractivity contribution in [3.05, 3.63) is 41.0 Å². The van der Waals surface area contributed by atoms with Gasteiger partial charge in [-0.25, -0.2) is 8.42 Å². The Morgan fingerprint density at radius 3 is 2.62 bits per heavy atom. The summed E-state index contributed by atoms with van der Waals surface area (Å²) < 4.78 is 31.7. The van der Waals surface area contributed by atoms with E-state index in [0.717, 1.165) is 11.1 Å². The molecule has 0 spiro atoms. The van der Waals surface area contributed by atoms with Gasteiger partial charge in [-0.05, 0) is 51.1 Å². The minimum Gasteiger partial charge on any atom is -0.338 e. The van der Waals surface area contributed by atoms with Gasteiger partial charge in [0.1, 0.15) is 0 Å². The summed E-state index contributed by atoms with van der Waals surface area (Å²) in [5.74, 6) is 0.840. The molecule has 1 heterocycles. The highest BCUT2D eigenvalue weighted by Crippen LogP contribution is 2.19. The number of hydrogen-bond donors (Lipinski definition) is 1. The van der Waals surface area contributed by atoms with E-state index in [1.165, 1.54) is 11.4 Å². The summed E-state index contributed by atoms with van der Waals surface area (Å²) in [6, 6.07) is 5.31. The van der Waals surface area contributed by atoms with E-state index >= 15 is 0 Å². The molecular weight excluding hydrogens is 328 g/mol. The SMILES string of the molecule is CNC(C)Cc1noc(CN(C)S(=O)(=O)c2ccc(C)c(C)c2)n1. The van der Waals surface area contributed by atoms with Gasteiger partial charge in [-0.2, -0.15) is 9.29 Å². The van der Waals surface area contributed by atoms with Gasteiger partial charge >= 0.3 is 0 Å². The molecule has 2 rings (SSSR count). The van der Waals surface area contributed by atoms with E-state index in [0.29, 0.717) is 12.2 Å². The highest BCUT2D eigenvalue weighted by atomic mass is 32.2. The van der Waals surface area contributed by atoms with Gasteiger partial charge in [0.2, 0.25) is 15.9 Å². The van der Waals surface area contributed by atoms with Crippen molar-refractivity contribution in [3.8, 4) is 0 Å². The lowest BCUT2D eigenvalue weighted by Gasteiger charge is -2.16. The molecular formula is C16H24N4O3S. The molecule has 132 valence electrons. The number of rotatable bonds is 7. The van der Waals surface area contributed by atoms with Crippen molar-refractivity contribution in [1.29, 1.82) is 0 Å². The molecule has 0 aliphatic heterocycles. The lowest BCUT2D eigenvalue weighted by atomic mass is 10.1. The van der Waals surface area contributed by atoms with Crippen LogP contribution in [0.1, 0.15) is 29.8 Å². The summed E-state index contributed by atoms with van der Waals surface area (Å²) in [4.78, 5) is 4.51. The Labute approximate surface area is 143 Å². The zero-order chi connectivity index (χ0) is 17.9. The van der Waals surface area contributed by atoms with Crippen LogP contribution < -0.4 is 5.32 Å². The summed E-state index contributed by atoms with van der Waals surface area (Å²) in [7, 11) is -0.240. The third kappa shape index (κ3) is 4.19. The number of likely N-dealkylation sites (N-methyl/N-ethyl adjacent to an activating group) is 1. The minimum atomic E-state index is -3.60. The number of aryl methyl sites for hydroxylation is 2. The van der Waals surface area contributed by atoms with Crippen LogP contribution in [0, 0.1) is 13.8 Å². The van der Waals surface area contributed by atoms with Gasteiger partial charge in [0.05, 0.1) is 11.4 Å². The number of benzene rings is 1. The average Bonchev–Trinajstić information content (AvgIpc) is 2.96. The molecule has 8 heteroatoms. The molecule has 0 aliphatic rings. The van der Waals surface area contributed by atoms with Crippen LogP contribution in [-0.4, -0.2) is 43.0 Å². The van der Waals surface area contributed by atoms with E-state index in [1.807, 2.05) is 27.8 Å². The lowest BCUT2D eigenvalue weighted by Crippen LogP contribution is -2.27. The fourth-order valence-electron chi connectivity index (χ4n) is 2.14. The maximum absolute atomic E-state index is 12.7. The van der Waals surface area contributed by atoms with Crippen LogP contribution >= 0.6 is 0 Å². The summed E-state index contributed by atoms with van der Waals surface area (Å²) in [5.41, 5.74) is 1.99. The number of hydrogen-bond acceptors (Lipinski definition) is 6. The molecule has 1 aromatic heterocycles. The van der Waals surface area contributed by atoms with Crippen molar-refractivity contribution >= 4 is 10.0 Å². The predicted molar refractivity (Wildman–Crippen MR) is 91.1 cm³/mol. The van der Waals surface area contributed by atoms with Gasteiger partial charge in [0.15, 0.2) is 5.82 Å². The highest BCUT2D eigenvalue weighted by Gasteiger charge is 2.23. The Bertz CT molecular complexity index is 801. The molecule has 0 bridgehead atoms. The fraction of sp³-hybridized carbons (Fsp3) is 0.500. The van der Waals surface area contributed by atoms with Crippen LogP contribution in [0.5, 0.6) is 0 Å². The van der Waals surface area contributed by atoms with Crippen LogP contribution in [0.3, 0.4) is 0 Å². The van der Waals surface area contributed by atoms with Crippen molar-refractivity contribution in [2.45, 2.75) is 44.7 Å². The van der Waals surface area contributed by atoms with E-state index in [4.69, 9.17) is 4.52 Å². The van der Waals surface area contributed by atoms with E-state index in [9.17, 15) is 8.42 Å². The molecule has 0 fully saturated rings. The molecule has 0 saturated heterocycles. The number of sulfonamides is 1. The second kappa shape index (κ2) is 7.42. The maximum atomic E-state index is 12.7. The number of aromatic nitrogens is 2. The first kappa shape index (κ1) is 18.6. The molecule has 0 radical (unpaired) electrons. The summed E-state index contributed by atoms with van der Waals surface area (Å²) in [6.45, 7) is 5.88. The molecule has 1 unspecified atom stereocenters.